The van der Waals surface area contributed by atoms with Crippen molar-refractivity contribution in [2.45, 2.75) is 19.1 Å². The highest BCUT2D eigenvalue weighted by molar-refractivity contribution is 4.63. The lowest BCUT2D eigenvalue weighted by molar-refractivity contribution is -0.142. The molecule has 0 N–H and O–H groups in total. The molecule has 0 bridgehead atoms. The van der Waals surface area contributed by atoms with Gasteiger partial charge in [0.1, 0.15) is 6.10 Å². The first-order valence-corrected chi connectivity index (χ1v) is 3.55. The second kappa shape index (κ2) is 3.91. The molecule has 0 aromatic carbocycles. The molecule has 10 heavy (non-hydrogen) atoms. The van der Waals surface area contributed by atoms with Crippen molar-refractivity contribution < 1.29 is 14.2 Å². The summed E-state index contributed by atoms with van der Waals surface area (Å²) in [6.45, 7) is 3.98. The van der Waals surface area contributed by atoms with Crippen LogP contribution in [0, 0.1) is 0 Å². The number of rotatable bonds is 2. The molecule has 0 aromatic rings. The van der Waals surface area contributed by atoms with E-state index >= 15 is 0 Å². The van der Waals surface area contributed by atoms with E-state index in [1.807, 2.05) is 6.92 Å². The van der Waals surface area contributed by atoms with Gasteiger partial charge in [-0.1, -0.05) is 0 Å². The number of hydrogen-bond acceptors (Lipinski definition) is 3. The Hall–Kier alpha value is -0.120. The van der Waals surface area contributed by atoms with E-state index in [9.17, 15) is 0 Å². The maximum atomic E-state index is 5.38. The van der Waals surface area contributed by atoms with Crippen LogP contribution in [0.4, 0.5) is 0 Å². The zero-order chi connectivity index (χ0) is 7.40. The topological polar surface area (TPSA) is 27.7 Å². The Balaban J connectivity index is 2.13. The molecule has 0 aliphatic carbocycles. The van der Waals surface area contributed by atoms with Crippen molar-refractivity contribution in [3.8, 4) is 0 Å². The molecule has 0 saturated carbocycles. The van der Waals surface area contributed by atoms with Gasteiger partial charge in [-0.05, 0) is 6.92 Å². The lowest BCUT2D eigenvalue weighted by atomic mass is 10.3. The van der Waals surface area contributed by atoms with Crippen LogP contribution in [-0.4, -0.2) is 39.1 Å². The highest BCUT2D eigenvalue weighted by Crippen LogP contribution is 2.06. The normalized spacial score (nSPS) is 34.2. The Morgan fingerprint density at radius 2 is 2.20 bits per heavy atom. The molecule has 0 spiro atoms. The van der Waals surface area contributed by atoms with Gasteiger partial charge < -0.3 is 14.2 Å². The average Bonchev–Trinajstić information content (AvgIpc) is 1.95. The molecular weight excluding hydrogens is 132 g/mol. The summed E-state index contributed by atoms with van der Waals surface area (Å²) in [5, 5.41) is 0. The molecule has 1 aliphatic heterocycles. The first-order valence-electron chi connectivity index (χ1n) is 3.55. The lowest BCUT2D eigenvalue weighted by Crippen LogP contribution is -2.36. The van der Waals surface area contributed by atoms with E-state index in [-0.39, 0.29) is 12.2 Å². The van der Waals surface area contributed by atoms with E-state index in [0.29, 0.717) is 19.8 Å². The third-order valence-corrected chi connectivity index (χ3v) is 1.49. The zero-order valence-corrected chi connectivity index (χ0v) is 6.50. The number of methoxy groups -OCH3 is 1. The fourth-order valence-corrected chi connectivity index (χ4v) is 0.922. The van der Waals surface area contributed by atoms with E-state index in [1.165, 1.54) is 0 Å². The molecule has 2 atom stereocenters. The zero-order valence-electron chi connectivity index (χ0n) is 6.50. The van der Waals surface area contributed by atoms with Gasteiger partial charge >= 0.3 is 0 Å². The summed E-state index contributed by atoms with van der Waals surface area (Å²) in [7, 11) is 1.67. The molecule has 3 nitrogen and oxygen atoms in total. The molecule has 2 unspecified atom stereocenters. The molecular formula is C7H14O3. The number of ether oxygens (including phenoxy) is 3. The predicted octanol–water partition coefficient (Wildman–Crippen LogP) is 0.437. The van der Waals surface area contributed by atoms with E-state index in [2.05, 4.69) is 0 Å². The molecule has 0 radical (unpaired) electrons. The smallest absolute Gasteiger partial charge is 0.104 e. The van der Waals surface area contributed by atoms with Crippen LogP contribution in [0.3, 0.4) is 0 Å². The largest absolute Gasteiger partial charge is 0.382 e. The third kappa shape index (κ3) is 2.25. The highest BCUT2D eigenvalue weighted by atomic mass is 16.6. The van der Waals surface area contributed by atoms with E-state index in [4.69, 9.17) is 14.2 Å². The molecule has 0 amide bonds. The van der Waals surface area contributed by atoms with Gasteiger partial charge in [0, 0.05) is 7.11 Å². The fourth-order valence-electron chi connectivity index (χ4n) is 0.922. The third-order valence-electron chi connectivity index (χ3n) is 1.49. The Kier molecular flexibility index (Phi) is 3.12. The Morgan fingerprint density at radius 1 is 1.40 bits per heavy atom. The molecule has 0 aromatic heterocycles. The summed E-state index contributed by atoms with van der Waals surface area (Å²) in [6.07, 6.45) is 0.384. The lowest BCUT2D eigenvalue weighted by Gasteiger charge is -2.26. The van der Waals surface area contributed by atoms with Crippen molar-refractivity contribution in [2.75, 3.05) is 26.9 Å². The summed E-state index contributed by atoms with van der Waals surface area (Å²) in [4.78, 5) is 0. The fraction of sp³-hybridized carbons (Fsp3) is 1.00. The highest BCUT2D eigenvalue weighted by Gasteiger charge is 2.18. The van der Waals surface area contributed by atoms with Crippen LogP contribution in [0.15, 0.2) is 0 Å². The van der Waals surface area contributed by atoms with Crippen molar-refractivity contribution in [1.29, 1.82) is 0 Å². The molecule has 1 heterocycles. The van der Waals surface area contributed by atoms with Crippen LogP contribution in [0.2, 0.25) is 0 Å². The summed E-state index contributed by atoms with van der Waals surface area (Å²) in [6, 6.07) is 0. The number of hydrogen-bond donors (Lipinski definition) is 0. The van der Waals surface area contributed by atoms with Gasteiger partial charge in [-0.2, -0.15) is 0 Å². The monoisotopic (exact) mass is 146 g/mol. The Morgan fingerprint density at radius 3 is 2.70 bits per heavy atom. The van der Waals surface area contributed by atoms with Crippen molar-refractivity contribution in [2.24, 2.45) is 0 Å². The molecule has 1 aliphatic rings. The Bertz CT molecular complexity index is 86.9. The second-order valence-electron chi connectivity index (χ2n) is 2.55. The van der Waals surface area contributed by atoms with Crippen LogP contribution < -0.4 is 0 Å². The molecule has 1 saturated heterocycles. The van der Waals surface area contributed by atoms with Gasteiger partial charge in [-0.15, -0.1) is 0 Å². The maximum absolute atomic E-state index is 5.38. The van der Waals surface area contributed by atoms with Crippen LogP contribution in [0.5, 0.6) is 0 Å². The van der Waals surface area contributed by atoms with Crippen LogP contribution >= 0.6 is 0 Å². The van der Waals surface area contributed by atoms with Gasteiger partial charge in [0.05, 0.1) is 25.9 Å². The second-order valence-corrected chi connectivity index (χ2v) is 2.55. The van der Waals surface area contributed by atoms with Crippen molar-refractivity contribution >= 4 is 0 Å². The quantitative estimate of drug-likeness (QED) is 0.565. The minimum atomic E-state index is 0.140. The minimum Gasteiger partial charge on any atom is -0.382 e. The van der Waals surface area contributed by atoms with Crippen molar-refractivity contribution in [3.63, 3.8) is 0 Å². The SMILES string of the molecule is COCC1COC(C)CO1. The van der Waals surface area contributed by atoms with Crippen molar-refractivity contribution in [3.05, 3.63) is 0 Å². The summed E-state index contributed by atoms with van der Waals surface area (Å²) < 4.78 is 15.6. The average molecular weight is 146 g/mol. The van der Waals surface area contributed by atoms with Gasteiger partial charge in [-0.25, -0.2) is 0 Å². The van der Waals surface area contributed by atoms with Crippen LogP contribution in [0.25, 0.3) is 0 Å². The molecule has 1 fully saturated rings. The Labute approximate surface area is 61.3 Å². The first-order chi connectivity index (χ1) is 4.83. The predicted molar refractivity (Wildman–Crippen MR) is 37.0 cm³/mol. The minimum absolute atomic E-state index is 0.140. The molecule has 1 rings (SSSR count). The van der Waals surface area contributed by atoms with Gasteiger partial charge in [0.25, 0.3) is 0 Å². The van der Waals surface area contributed by atoms with E-state index in [1.54, 1.807) is 7.11 Å². The molecule has 60 valence electrons. The van der Waals surface area contributed by atoms with Crippen molar-refractivity contribution in [1.82, 2.24) is 0 Å². The summed E-state index contributed by atoms with van der Waals surface area (Å²) in [5.74, 6) is 0. The van der Waals surface area contributed by atoms with Gasteiger partial charge in [-0.3, -0.25) is 0 Å². The van der Waals surface area contributed by atoms with Gasteiger partial charge in [0.15, 0.2) is 0 Å². The van der Waals surface area contributed by atoms with Gasteiger partial charge in [0.2, 0.25) is 0 Å². The van der Waals surface area contributed by atoms with E-state index in [0.717, 1.165) is 0 Å². The van der Waals surface area contributed by atoms with E-state index < -0.39 is 0 Å². The van der Waals surface area contributed by atoms with Crippen LogP contribution in [-0.2, 0) is 14.2 Å². The maximum Gasteiger partial charge on any atom is 0.104 e. The molecule has 3 heteroatoms. The van der Waals surface area contributed by atoms with Crippen LogP contribution in [0.1, 0.15) is 6.92 Å². The summed E-state index contributed by atoms with van der Waals surface area (Å²) in [5.41, 5.74) is 0. The first kappa shape index (κ1) is 7.98. The summed E-state index contributed by atoms with van der Waals surface area (Å²) >= 11 is 0. The standard InChI is InChI=1S/C7H14O3/c1-6-3-10-7(4-8-2)5-9-6/h6-7H,3-5H2,1-2H3.